The molecule has 0 N–H and O–H groups in total. The summed E-state index contributed by atoms with van der Waals surface area (Å²) in [5, 5.41) is 0. The third kappa shape index (κ3) is 3.13. The topological polar surface area (TPSA) is 40.6 Å². The van der Waals surface area contributed by atoms with Gasteiger partial charge in [-0.25, -0.2) is 4.39 Å². The first kappa shape index (κ1) is 19.8. The highest BCUT2D eigenvalue weighted by Gasteiger charge is 2.58. The number of rotatable bonds is 3. The second kappa shape index (κ2) is 7.54. The molecule has 0 aromatic heterocycles. The molecule has 3 aromatic carbocycles. The Hall–Kier alpha value is -3.12. The maximum Gasteiger partial charge on any atom is 0.269 e. The fourth-order valence-electron chi connectivity index (χ4n) is 4.35. The lowest BCUT2D eigenvalue weighted by molar-refractivity contribution is -0.125. The van der Waals surface area contributed by atoms with Gasteiger partial charge in [-0.3, -0.25) is 14.5 Å². The number of amides is 2. The molecule has 5 rings (SSSR count). The number of hydrogen-bond donors (Lipinski definition) is 0. The van der Waals surface area contributed by atoms with Crippen LogP contribution < -0.4 is 9.80 Å². The number of para-hydroxylation sites is 1. The number of anilines is 2. The molecule has 2 heterocycles. The molecule has 156 valence electrons. The van der Waals surface area contributed by atoms with Gasteiger partial charge in [0.05, 0.1) is 12.2 Å². The summed E-state index contributed by atoms with van der Waals surface area (Å²) in [6.07, 6.45) is 0.383. The molecule has 0 unspecified atom stereocenters. The molecule has 6 heteroatoms. The number of carbonyl (C=O) groups excluding carboxylic acids is 2. The number of nitrogens with zero attached hydrogens (tertiary/aromatic N) is 2. The lowest BCUT2D eigenvalue weighted by Crippen LogP contribution is -2.56. The number of halogens is 1. The van der Waals surface area contributed by atoms with E-state index in [0.717, 1.165) is 28.1 Å². The highest BCUT2D eigenvalue weighted by molar-refractivity contribution is 8.01. The fraction of sp³-hybridized carbons (Fsp3) is 0.200. The van der Waals surface area contributed by atoms with E-state index < -0.39 is 4.87 Å². The van der Waals surface area contributed by atoms with Gasteiger partial charge >= 0.3 is 0 Å². The van der Waals surface area contributed by atoms with Crippen molar-refractivity contribution in [1.82, 2.24) is 0 Å². The van der Waals surface area contributed by atoms with Crippen LogP contribution in [0.25, 0.3) is 0 Å². The van der Waals surface area contributed by atoms with E-state index in [1.807, 2.05) is 55.5 Å². The van der Waals surface area contributed by atoms with Gasteiger partial charge in [0.15, 0.2) is 0 Å². The van der Waals surface area contributed by atoms with Gasteiger partial charge in [0, 0.05) is 23.4 Å². The summed E-state index contributed by atoms with van der Waals surface area (Å²) in [6.45, 7) is 2.31. The molecule has 2 aliphatic rings. The molecule has 1 saturated heterocycles. The minimum Gasteiger partial charge on any atom is -0.304 e. The van der Waals surface area contributed by atoms with Crippen LogP contribution in [0.5, 0.6) is 0 Å². The minimum atomic E-state index is -1.14. The van der Waals surface area contributed by atoms with E-state index in [9.17, 15) is 14.0 Å². The van der Waals surface area contributed by atoms with E-state index in [2.05, 4.69) is 0 Å². The summed E-state index contributed by atoms with van der Waals surface area (Å²) in [5.41, 5.74) is 4.24. The highest BCUT2D eigenvalue weighted by Crippen LogP contribution is 2.54. The molecule has 1 spiro atoms. The first-order valence-electron chi connectivity index (χ1n) is 10.2. The molecule has 3 aromatic rings. The molecule has 0 aliphatic carbocycles. The number of carbonyl (C=O) groups is 2. The Morgan fingerprint density at radius 2 is 1.68 bits per heavy atom. The van der Waals surface area contributed by atoms with Crippen LogP contribution in [0.3, 0.4) is 0 Å². The maximum absolute atomic E-state index is 14.0. The van der Waals surface area contributed by atoms with Crippen LogP contribution in [-0.4, -0.2) is 17.6 Å². The van der Waals surface area contributed by atoms with Gasteiger partial charge in [-0.05, 0) is 42.8 Å². The largest absolute Gasteiger partial charge is 0.304 e. The third-order valence-electron chi connectivity index (χ3n) is 5.83. The van der Waals surface area contributed by atoms with Crippen LogP contribution in [0.2, 0.25) is 0 Å². The third-order valence-corrected chi connectivity index (χ3v) is 7.24. The summed E-state index contributed by atoms with van der Waals surface area (Å²) >= 11 is 1.51. The van der Waals surface area contributed by atoms with Crippen molar-refractivity contribution >= 4 is 35.0 Å². The molecule has 0 radical (unpaired) electrons. The number of hydrogen-bond acceptors (Lipinski definition) is 3. The van der Waals surface area contributed by atoms with Crippen molar-refractivity contribution in [2.45, 2.75) is 24.8 Å². The van der Waals surface area contributed by atoms with Crippen LogP contribution in [0.15, 0.2) is 72.8 Å². The average molecular weight is 433 g/mol. The second-order valence-corrected chi connectivity index (χ2v) is 9.13. The first-order chi connectivity index (χ1) is 15.0. The summed E-state index contributed by atoms with van der Waals surface area (Å²) < 4.78 is 13.4. The van der Waals surface area contributed by atoms with E-state index in [-0.39, 0.29) is 17.6 Å². The molecule has 2 amide bonds. The predicted molar refractivity (Wildman–Crippen MR) is 121 cm³/mol. The van der Waals surface area contributed by atoms with E-state index in [0.29, 0.717) is 18.7 Å². The van der Waals surface area contributed by atoms with Gasteiger partial charge in [-0.1, -0.05) is 48.0 Å². The smallest absolute Gasteiger partial charge is 0.269 e. The Labute approximate surface area is 184 Å². The molecule has 31 heavy (non-hydrogen) atoms. The van der Waals surface area contributed by atoms with Crippen LogP contribution >= 0.6 is 11.8 Å². The van der Waals surface area contributed by atoms with Crippen molar-refractivity contribution in [3.05, 3.63) is 95.3 Å². The van der Waals surface area contributed by atoms with Crippen molar-refractivity contribution in [3.8, 4) is 0 Å². The summed E-state index contributed by atoms with van der Waals surface area (Å²) in [7, 11) is 0. The molecule has 1 fully saturated rings. The molecule has 4 nitrogen and oxygen atoms in total. The van der Waals surface area contributed by atoms with Crippen LogP contribution in [0, 0.1) is 12.7 Å². The maximum atomic E-state index is 14.0. The van der Waals surface area contributed by atoms with Crippen molar-refractivity contribution in [3.63, 3.8) is 0 Å². The van der Waals surface area contributed by atoms with Crippen molar-refractivity contribution in [2.24, 2.45) is 0 Å². The fourth-order valence-corrected chi connectivity index (χ4v) is 5.82. The normalized spacial score (nSPS) is 20.5. The summed E-state index contributed by atoms with van der Waals surface area (Å²) in [6, 6.07) is 21.5. The lowest BCUT2D eigenvalue weighted by atomic mass is 10.0. The zero-order chi connectivity index (χ0) is 21.6. The Morgan fingerprint density at radius 3 is 2.42 bits per heavy atom. The molecular weight excluding hydrogens is 411 g/mol. The monoisotopic (exact) mass is 432 g/mol. The number of fused-ring (bicyclic) bond motifs is 2. The number of thioether (sulfide) groups is 1. The Bertz CT molecular complexity index is 1160. The van der Waals surface area contributed by atoms with Gasteiger partial charge < -0.3 is 4.90 Å². The van der Waals surface area contributed by atoms with Gasteiger partial charge in [-0.2, -0.15) is 0 Å². The minimum absolute atomic E-state index is 0.0608. The van der Waals surface area contributed by atoms with Crippen LogP contribution in [-0.2, 0) is 21.0 Å². The van der Waals surface area contributed by atoms with E-state index in [1.165, 1.54) is 23.9 Å². The van der Waals surface area contributed by atoms with Crippen LogP contribution in [0.4, 0.5) is 15.8 Å². The van der Waals surface area contributed by atoms with Gasteiger partial charge in [0.2, 0.25) is 10.8 Å². The molecule has 0 saturated carbocycles. The number of aryl methyl sites for hydroxylation is 1. The Balaban J connectivity index is 1.64. The van der Waals surface area contributed by atoms with E-state index in [1.54, 1.807) is 21.9 Å². The Kier molecular flexibility index (Phi) is 4.82. The molecule has 0 bridgehead atoms. The Morgan fingerprint density at radius 1 is 0.968 bits per heavy atom. The molecule has 2 aliphatic heterocycles. The van der Waals surface area contributed by atoms with E-state index in [4.69, 9.17) is 0 Å². The quantitative estimate of drug-likeness (QED) is 0.585. The number of benzene rings is 3. The average Bonchev–Trinajstić information content (AvgIpc) is 3.00. The summed E-state index contributed by atoms with van der Waals surface area (Å²) in [4.78, 5) is 29.5. The van der Waals surface area contributed by atoms with Crippen LogP contribution in [0.1, 0.15) is 23.1 Å². The van der Waals surface area contributed by atoms with Gasteiger partial charge in [-0.15, -0.1) is 11.8 Å². The first-order valence-corrected chi connectivity index (χ1v) is 11.2. The second-order valence-electron chi connectivity index (χ2n) is 7.84. The van der Waals surface area contributed by atoms with Gasteiger partial charge in [0.25, 0.3) is 5.91 Å². The SMILES string of the molecule is Cc1ccc(N2C(=O)CCS[C@]23C(=O)N(Cc2ccc(F)cc2)c2ccccc23)cc1. The zero-order valence-corrected chi connectivity index (χ0v) is 17.9. The van der Waals surface area contributed by atoms with Gasteiger partial charge in [0.1, 0.15) is 5.82 Å². The van der Waals surface area contributed by atoms with Crippen molar-refractivity contribution in [2.75, 3.05) is 15.6 Å². The molecule has 1 atom stereocenters. The standard InChI is InChI=1S/C25H21FN2O2S/c1-17-6-12-20(13-7-17)28-23(29)14-15-31-25(28)21-4-2-3-5-22(21)27(24(25)30)16-18-8-10-19(26)11-9-18/h2-13H,14-16H2,1H3/t25-/m1/s1. The lowest BCUT2D eigenvalue weighted by Gasteiger charge is -2.42. The van der Waals surface area contributed by atoms with Crippen molar-refractivity contribution < 1.29 is 14.0 Å². The van der Waals surface area contributed by atoms with Crippen molar-refractivity contribution in [1.29, 1.82) is 0 Å². The zero-order valence-electron chi connectivity index (χ0n) is 17.0. The summed E-state index contributed by atoms with van der Waals surface area (Å²) in [5.74, 6) is 0.0597. The van der Waals surface area contributed by atoms with E-state index >= 15 is 0 Å². The molecular formula is C25H21FN2O2S. The highest BCUT2D eigenvalue weighted by atomic mass is 32.2. The predicted octanol–water partition coefficient (Wildman–Crippen LogP) is 5.00.